The average Bonchev–Trinajstić information content (AvgIpc) is 2.74. The van der Waals surface area contributed by atoms with Crippen LogP contribution in [0.1, 0.15) is 18.4 Å². The van der Waals surface area contributed by atoms with Gasteiger partial charge in [-0.15, -0.1) is 0 Å². The molecular weight excluding hydrogens is 366 g/mol. The van der Waals surface area contributed by atoms with Gasteiger partial charge >= 0.3 is 5.97 Å². The molecule has 0 aliphatic rings. The van der Waals surface area contributed by atoms with E-state index in [1.807, 2.05) is 49.4 Å². The fourth-order valence-electron chi connectivity index (χ4n) is 2.45. The standard InChI is InChI=1S/C23H21N3O3/c1-17-7-13-21(14-8-17)29-23(28)16-15-22(27)24-18-9-11-20(12-10-18)26-25-19-5-3-2-4-6-19/h2-14H,15-16H2,1H3,(H,24,27). The van der Waals surface area contributed by atoms with E-state index in [0.29, 0.717) is 17.1 Å². The van der Waals surface area contributed by atoms with Crippen LogP contribution in [0.5, 0.6) is 5.75 Å². The first-order valence-electron chi connectivity index (χ1n) is 9.22. The third-order valence-corrected chi connectivity index (χ3v) is 4.00. The van der Waals surface area contributed by atoms with Crippen molar-refractivity contribution in [2.24, 2.45) is 10.2 Å². The van der Waals surface area contributed by atoms with E-state index >= 15 is 0 Å². The highest BCUT2D eigenvalue weighted by Gasteiger charge is 2.09. The minimum absolute atomic E-state index is 0.00306. The lowest BCUT2D eigenvalue weighted by molar-refractivity contribution is -0.135. The van der Waals surface area contributed by atoms with Crippen LogP contribution in [0.2, 0.25) is 0 Å². The summed E-state index contributed by atoms with van der Waals surface area (Å²) in [5, 5.41) is 11.0. The van der Waals surface area contributed by atoms with Gasteiger partial charge in [-0.05, 0) is 55.5 Å². The van der Waals surface area contributed by atoms with Gasteiger partial charge in [0.2, 0.25) is 5.91 Å². The Bertz CT molecular complexity index is 982. The molecule has 6 nitrogen and oxygen atoms in total. The van der Waals surface area contributed by atoms with Gasteiger partial charge in [-0.3, -0.25) is 9.59 Å². The van der Waals surface area contributed by atoms with Crippen molar-refractivity contribution in [2.75, 3.05) is 5.32 Å². The molecule has 0 aromatic heterocycles. The predicted molar refractivity (Wildman–Crippen MR) is 112 cm³/mol. The first-order chi connectivity index (χ1) is 14.1. The Hall–Kier alpha value is -3.80. The average molecular weight is 387 g/mol. The number of aryl methyl sites for hydroxylation is 1. The minimum atomic E-state index is -0.444. The van der Waals surface area contributed by atoms with Crippen molar-refractivity contribution in [1.82, 2.24) is 0 Å². The van der Waals surface area contributed by atoms with Crippen LogP contribution in [0, 0.1) is 6.92 Å². The SMILES string of the molecule is Cc1ccc(OC(=O)CCC(=O)Nc2ccc(N=Nc3ccccc3)cc2)cc1. The Kier molecular flexibility index (Phi) is 6.84. The van der Waals surface area contributed by atoms with Crippen molar-refractivity contribution in [2.45, 2.75) is 19.8 Å². The van der Waals surface area contributed by atoms with E-state index in [1.54, 1.807) is 36.4 Å². The summed E-state index contributed by atoms with van der Waals surface area (Å²) in [6.45, 7) is 1.95. The fourth-order valence-corrected chi connectivity index (χ4v) is 2.45. The van der Waals surface area contributed by atoms with Crippen LogP contribution in [-0.2, 0) is 9.59 Å². The molecule has 0 aliphatic heterocycles. The van der Waals surface area contributed by atoms with Crippen molar-refractivity contribution < 1.29 is 14.3 Å². The molecule has 146 valence electrons. The van der Waals surface area contributed by atoms with Crippen LogP contribution < -0.4 is 10.1 Å². The van der Waals surface area contributed by atoms with Gasteiger partial charge in [0.25, 0.3) is 0 Å². The second kappa shape index (κ2) is 9.94. The molecule has 0 aliphatic carbocycles. The van der Waals surface area contributed by atoms with Gasteiger partial charge in [0, 0.05) is 12.1 Å². The molecule has 0 spiro atoms. The monoisotopic (exact) mass is 387 g/mol. The zero-order valence-electron chi connectivity index (χ0n) is 16.0. The molecule has 0 bridgehead atoms. The van der Waals surface area contributed by atoms with E-state index in [9.17, 15) is 9.59 Å². The normalized spacial score (nSPS) is 10.7. The number of carbonyl (C=O) groups is 2. The molecule has 1 amide bonds. The number of hydrogen-bond acceptors (Lipinski definition) is 5. The van der Waals surface area contributed by atoms with Gasteiger partial charge in [-0.25, -0.2) is 0 Å². The summed E-state index contributed by atoms with van der Waals surface area (Å²) in [5.74, 6) is -0.230. The Morgan fingerprint density at radius 3 is 2.07 bits per heavy atom. The summed E-state index contributed by atoms with van der Waals surface area (Å²) in [4.78, 5) is 23.9. The minimum Gasteiger partial charge on any atom is -0.427 e. The zero-order valence-corrected chi connectivity index (χ0v) is 16.0. The lowest BCUT2D eigenvalue weighted by Gasteiger charge is -2.06. The molecule has 1 N–H and O–H groups in total. The Balaban J connectivity index is 1.44. The summed E-state index contributed by atoms with van der Waals surface area (Å²) < 4.78 is 5.21. The number of hydrogen-bond donors (Lipinski definition) is 1. The smallest absolute Gasteiger partial charge is 0.311 e. The molecule has 0 radical (unpaired) electrons. The quantitative estimate of drug-likeness (QED) is 0.319. The highest BCUT2D eigenvalue weighted by Crippen LogP contribution is 2.20. The lowest BCUT2D eigenvalue weighted by Crippen LogP contribution is -2.15. The van der Waals surface area contributed by atoms with E-state index in [-0.39, 0.29) is 18.7 Å². The number of esters is 1. The van der Waals surface area contributed by atoms with Crippen LogP contribution in [0.3, 0.4) is 0 Å². The maximum atomic E-state index is 12.0. The number of carbonyl (C=O) groups excluding carboxylic acids is 2. The fraction of sp³-hybridized carbons (Fsp3) is 0.130. The van der Waals surface area contributed by atoms with Crippen molar-refractivity contribution >= 4 is 28.9 Å². The Morgan fingerprint density at radius 2 is 1.41 bits per heavy atom. The van der Waals surface area contributed by atoms with Gasteiger partial charge in [-0.2, -0.15) is 10.2 Å². The van der Waals surface area contributed by atoms with E-state index in [1.165, 1.54) is 0 Å². The second-order valence-corrected chi connectivity index (χ2v) is 6.42. The third kappa shape index (κ3) is 6.70. The Morgan fingerprint density at radius 1 is 0.793 bits per heavy atom. The van der Waals surface area contributed by atoms with E-state index in [2.05, 4.69) is 15.5 Å². The number of azo groups is 1. The van der Waals surface area contributed by atoms with E-state index < -0.39 is 5.97 Å². The maximum Gasteiger partial charge on any atom is 0.311 e. The molecule has 6 heteroatoms. The van der Waals surface area contributed by atoms with E-state index in [0.717, 1.165) is 11.3 Å². The van der Waals surface area contributed by atoms with Gasteiger partial charge < -0.3 is 10.1 Å². The van der Waals surface area contributed by atoms with Crippen LogP contribution in [0.25, 0.3) is 0 Å². The first kappa shape index (κ1) is 19.9. The number of ether oxygens (including phenoxy) is 1. The number of benzene rings is 3. The molecule has 3 aromatic rings. The van der Waals surface area contributed by atoms with Crippen molar-refractivity contribution in [3.05, 3.63) is 84.4 Å². The number of nitrogens with zero attached hydrogens (tertiary/aromatic N) is 2. The maximum absolute atomic E-state index is 12.0. The molecule has 0 heterocycles. The van der Waals surface area contributed by atoms with Crippen molar-refractivity contribution in [3.8, 4) is 5.75 Å². The van der Waals surface area contributed by atoms with Gasteiger partial charge in [0.1, 0.15) is 5.75 Å². The molecule has 3 rings (SSSR count). The van der Waals surface area contributed by atoms with Crippen LogP contribution in [0.15, 0.2) is 89.1 Å². The summed E-state index contributed by atoms with van der Waals surface area (Å²) in [5.41, 5.74) is 3.15. The molecule has 0 fully saturated rings. The van der Waals surface area contributed by atoms with E-state index in [4.69, 9.17) is 4.74 Å². The summed E-state index contributed by atoms with van der Waals surface area (Å²) >= 11 is 0. The number of nitrogens with one attached hydrogen (secondary N) is 1. The first-order valence-corrected chi connectivity index (χ1v) is 9.22. The molecule has 0 unspecified atom stereocenters. The number of amides is 1. The molecule has 0 saturated carbocycles. The summed E-state index contributed by atoms with van der Waals surface area (Å²) in [6, 6.07) is 23.6. The topological polar surface area (TPSA) is 80.1 Å². The van der Waals surface area contributed by atoms with Gasteiger partial charge in [-0.1, -0.05) is 35.9 Å². The molecule has 3 aromatic carbocycles. The second-order valence-electron chi connectivity index (χ2n) is 6.42. The van der Waals surface area contributed by atoms with Gasteiger partial charge in [0.15, 0.2) is 0 Å². The molecule has 0 atom stereocenters. The predicted octanol–water partition coefficient (Wildman–Crippen LogP) is 5.73. The highest BCUT2D eigenvalue weighted by atomic mass is 16.5. The van der Waals surface area contributed by atoms with Crippen LogP contribution in [0.4, 0.5) is 17.1 Å². The summed E-state index contributed by atoms with van der Waals surface area (Å²) in [6.07, 6.45) is 0.0449. The van der Waals surface area contributed by atoms with Crippen LogP contribution >= 0.6 is 0 Å². The molecular formula is C23H21N3O3. The summed E-state index contributed by atoms with van der Waals surface area (Å²) in [7, 11) is 0. The highest BCUT2D eigenvalue weighted by molar-refractivity contribution is 5.92. The number of anilines is 1. The van der Waals surface area contributed by atoms with Gasteiger partial charge in [0.05, 0.1) is 17.8 Å². The van der Waals surface area contributed by atoms with Crippen molar-refractivity contribution in [3.63, 3.8) is 0 Å². The van der Waals surface area contributed by atoms with Crippen molar-refractivity contribution in [1.29, 1.82) is 0 Å². The Labute approximate surface area is 169 Å². The molecule has 0 saturated heterocycles. The third-order valence-electron chi connectivity index (χ3n) is 4.00. The lowest BCUT2D eigenvalue weighted by atomic mass is 10.2. The van der Waals surface area contributed by atoms with Crippen LogP contribution in [-0.4, -0.2) is 11.9 Å². The number of rotatable bonds is 7. The zero-order chi connectivity index (χ0) is 20.5. The molecule has 29 heavy (non-hydrogen) atoms. The largest absolute Gasteiger partial charge is 0.427 e.